The summed E-state index contributed by atoms with van der Waals surface area (Å²) in [6, 6.07) is 10.1. The van der Waals surface area contributed by atoms with Crippen molar-refractivity contribution < 1.29 is 28.0 Å². The van der Waals surface area contributed by atoms with Gasteiger partial charge < -0.3 is 24.4 Å². The van der Waals surface area contributed by atoms with E-state index in [0.717, 1.165) is 62.0 Å². The van der Waals surface area contributed by atoms with Gasteiger partial charge >= 0.3 is 6.03 Å². The second-order valence-corrected chi connectivity index (χ2v) is 15.7. The molecule has 2 bridgehead atoms. The van der Waals surface area contributed by atoms with Gasteiger partial charge in [0.25, 0.3) is 5.91 Å². The molecule has 2 aromatic rings. The third-order valence-corrected chi connectivity index (χ3v) is 11.1. The summed E-state index contributed by atoms with van der Waals surface area (Å²) >= 11 is 6.36. The van der Waals surface area contributed by atoms with Gasteiger partial charge in [-0.15, -0.1) is 4.36 Å². The van der Waals surface area contributed by atoms with E-state index in [-0.39, 0.29) is 23.6 Å². The maximum absolute atomic E-state index is 14.7. The number of anilines is 1. The van der Waals surface area contributed by atoms with Gasteiger partial charge in [0.05, 0.1) is 23.3 Å². The Hall–Kier alpha value is -3.12. The number of halogens is 1. The van der Waals surface area contributed by atoms with E-state index in [1.54, 1.807) is 53.0 Å². The Balaban J connectivity index is 1.65. The van der Waals surface area contributed by atoms with Crippen LogP contribution in [0.5, 0.6) is 5.75 Å². The van der Waals surface area contributed by atoms with E-state index in [1.807, 2.05) is 30.4 Å². The number of carbonyl (C=O) groups excluding carboxylic acids is 2. The molecule has 2 N–H and O–H groups in total. The number of fused-ring (bicyclic) bond motifs is 3. The fourth-order valence-corrected chi connectivity index (χ4v) is 8.06. The third kappa shape index (κ3) is 8.49. The molecule has 2 aromatic carbocycles. The number of aryl methyl sites for hydroxylation is 1. The van der Waals surface area contributed by atoms with Crippen molar-refractivity contribution in [2.24, 2.45) is 16.2 Å². The number of carbonyl (C=O) groups is 2. The van der Waals surface area contributed by atoms with Crippen molar-refractivity contribution in [3.05, 3.63) is 64.7 Å². The van der Waals surface area contributed by atoms with Crippen LogP contribution < -0.4 is 19.7 Å². The van der Waals surface area contributed by atoms with Crippen LogP contribution in [0.1, 0.15) is 64.5 Å². The summed E-state index contributed by atoms with van der Waals surface area (Å²) in [6.45, 7) is 8.68. The van der Waals surface area contributed by atoms with Crippen LogP contribution in [-0.2, 0) is 37.2 Å². The summed E-state index contributed by atoms with van der Waals surface area (Å²) in [5.41, 5.74) is 1.54. The van der Waals surface area contributed by atoms with E-state index in [4.69, 9.17) is 25.8 Å². The van der Waals surface area contributed by atoms with Gasteiger partial charge in [0.1, 0.15) is 18.0 Å². The first-order valence-electron chi connectivity index (χ1n) is 16.4. The van der Waals surface area contributed by atoms with Gasteiger partial charge in [-0.3, -0.25) is 4.79 Å². The minimum atomic E-state index is -3.81. The highest BCUT2D eigenvalue weighted by atomic mass is 35.5. The number of rotatable bonds is 3. The standard InChI is InChI=1S/C35H47ClN4O6S/c1-23(2)37-34(42)39-47(43)28-14-16-32-30(20-28)40(17-7-6-9-24-19-27(36)13-11-26(24)22-45-32)21-25-12-15-29(25)31(44-5)10-8-18-46-35(3,4)33(41)38-47/h8,10-11,13-14,16,19-20,23,25,29,31H,6-7,9,12,15,17-18,21-22H2,1-5H3,(H2,37,38,39,41,42,43)/b10-8+/t25-,29+,31-,47?/m0/s1. The molecule has 2 heterocycles. The Labute approximate surface area is 283 Å². The highest BCUT2D eigenvalue weighted by Gasteiger charge is 2.38. The molecule has 1 aliphatic carbocycles. The van der Waals surface area contributed by atoms with Crippen molar-refractivity contribution in [2.45, 2.75) is 89.0 Å². The number of methoxy groups -OCH3 is 1. The number of hydrogen-bond acceptors (Lipinski definition) is 7. The van der Waals surface area contributed by atoms with Gasteiger partial charge in [0.15, 0.2) is 9.92 Å². The van der Waals surface area contributed by atoms with Crippen molar-refractivity contribution in [3.8, 4) is 5.75 Å². The van der Waals surface area contributed by atoms with Crippen LogP contribution in [0.2, 0.25) is 5.02 Å². The highest BCUT2D eigenvalue weighted by Crippen LogP contribution is 2.42. The zero-order chi connectivity index (χ0) is 33.8. The van der Waals surface area contributed by atoms with Crippen molar-refractivity contribution in [1.82, 2.24) is 10.0 Å². The highest BCUT2D eigenvalue weighted by molar-refractivity contribution is 7.92. The molecular weight excluding hydrogens is 640 g/mol. The van der Waals surface area contributed by atoms with Gasteiger partial charge in [-0.1, -0.05) is 29.8 Å². The van der Waals surface area contributed by atoms with Crippen LogP contribution in [0.4, 0.5) is 10.5 Å². The Morgan fingerprint density at radius 3 is 2.68 bits per heavy atom. The van der Waals surface area contributed by atoms with E-state index >= 15 is 0 Å². The minimum Gasteiger partial charge on any atom is -0.487 e. The second-order valence-electron chi connectivity index (χ2n) is 13.3. The summed E-state index contributed by atoms with van der Waals surface area (Å²) in [4.78, 5) is 29.1. The molecule has 0 saturated heterocycles. The Morgan fingerprint density at radius 1 is 1.15 bits per heavy atom. The maximum atomic E-state index is 14.7. The number of benzene rings is 2. The Morgan fingerprint density at radius 2 is 1.96 bits per heavy atom. The summed E-state index contributed by atoms with van der Waals surface area (Å²) in [6.07, 6.45) is 8.58. The first-order chi connectivity index (χ1) is 22.4. The minimum absolute atomic E-state index is 0.0959. The zero-order valence-electron chi connectivity index (χ0n) is 27.9. The van der Waals surface area contributed by atoms with E-state index in [2.05, 4.69) is 19.3 Å². The molecule has 47 heavy (non-hydrogen) atoms. The van der Waals surface area contributed by atoms with Crippen molar-refractivity contribution >= 4 is 39.1 Å². The molecule has 3 amide bonds. The lowest BCUT2D eigenvalue weighted by Gasteiger charge is -2.43. The molecular formula is C35H47ClN4O6S. The fraction of sp³-hybridized carbons (Fsp3) is 0.543. The van der Waals surface area contributed by atoms with Crippen molar-refractivity contribution in [1.29, 1.82) is 0 Å². The molecule has 0 spiro atoms. The molecule has 0 aromatic heterocycles. The molecule has 1 saturated carbocycles. The predicted octanol–water partition coefficient (Wildman–Crippen LogP) is 6.44. The maximum Gasteiger partial charge on any atom is 0.327 e. The molecule has 12 heteroatoms. The lowest BCUT2D eigenvalue weighted by molar-refractivity contribution is -0.137. The predicted molar refractivity (Wildman–Crippen MR) is 184 cm³/mol. The summed E-state index contributed by atoms with van der Waals surface area (Å²) < 4.78 is 39.8. The van der Waals surface area contributed by atoms with Gasteiger partial charge in [0, 0.05) is 31.3 Å². The first kappa shape index (κ1) is 35.2. The fourth-order valence-electron chi connectivity index (χ4n) is 6.31. The lowest BCUT2D eigenvalue weighted by Crippen LogP contribution is -2.44. The van der Waals surface area contributed by atoms with Gasteiger partial charge in [-0.25, -0.2) is 13.7 Å². The molecule has 1 fully saturated rings. The molecule has 10 nitrogen and oxygen atoms in total. The molecule has 2 aliphatic heterocycles. The summed E-state index contributed by atoms with van der Waals surface area (Å²) in [5, 5.41) is 3.40. The Bertz CT molecular complexity index is 1620. The number of nitrogens with zero attached hydrogens (tertiary/aromatic N) is 2. The molecule has 4 atom stereocenters. The Kier molecular flexibility index (Phi) is 11.2. The largest absolute Gasteiger partial charge is 0.487 e. The van der Waals surface area contributed by atoms with E-state index in [1.165, 1.54) is 0 Å². The number of urea groups is 1. The van der Waals surface area contributed by atoms with Crippen LogP contribution in [0.3, 0.4) is 0 Å². The summed E-state index contributed by atoms with van der Waals surface area (Å²) in [5.74, 6) is 0.504. The SMILES string of the molecule is CO[C@H]1/C=C/COC(C)(C)C(=O)N=S(=O)(NC(=O)NC(C)C)c2ccc3c(c2)N(CCCCc2cc(Cl)ccc2CO3)C[C@@H]2CC[C@H]21. The van der Waals surface area contributed by atoms with Crippen LogP contribution in [-0.4, -0.2) is 60.7 Å². The molecule has 1 unspecified atom stereocenters. The number of amides is 3. The lowest BCUT2D eigenvalue weighted by atomic mass is 9.70. The van der Waals surface area contributed by atoms with Crippen LogP contribution >= 0.6 is 11.6 Å². The van der Waals surface area contributed by atoms with Crippen molar-refractivity contribution in [2.75, 3.05) is 31.7 Å². The normalized spacial score (nSPS) is 27.1. The van der Waals surface area contributed by atoms with Gasteiger partial charge in [0.2, 0.25) is 0 Å². The van der Waals surface area contributed by atoms with Crippen LogP contribution in [0, 0.1) is 11.8 Å². The monoisotopic (exact) mass is 686 g/mol. The average Bonchev–Trinajstić information content (AvgIpc) is 3.02. The first-order valence-corrected chi connectivity index (χ1v) is 18.3. The smallest absolute Gasteiger partial charge is 0.327 e. The number of ether oxygens (including phenoxy) is 3. The van der Waals surface area contributed by atoms with Crippen molar-refractivity contribution in [3.63, 3.8) is 0 Å². The summed E-state index contributed by atoms with van der Waals surface area (Å²) in [7, 11) is -2.08. The van der Waals surface area contributed by atoms with Crippen LogP contribution in [0.15, 0.2) is 57.8 Å². The zero-order valence-corrected chi connectivity index (χ0v) is 29.5. The van der Waals surface area contributed by atoms with E-state index < -0.39 is 27.5 Å². The number of nitrogens with one attached hydrogen (secondary N) is 2. The van der Waals surface area contributed by atoms with Gasteiger partial charge in [-0.05, 0) is 113 Å². The van der Waals surface area contributed by atoms with Crippen LogP contribution in [0.25, 0.3) is 0 Å². The topological polar surface area (TPSA) is 119 Å². The average molecular weight is 687 g/mol. The van der Waals surface area contributed by atoms with E-state index in [9.17, 15) is 13.8 Å². The number of hydrogen-bond donors (Lipinski definition) is 2. The third-order valence-electron chi connectivity index (χ3n) is 9.14. The van der Waals surface area contributed by atoms with Gasteiger partial charge in [-0.2, -0.15) is 0 Å². The molecule has 0 radical (unpaired) electrons. The second kappa shape index (κ2) is 15.0. The molecule has 256 valence electrons. The van der Waals surface area contributed by atoms with E-state index in [0.29, 0.717) is 29.2 Å². The quantitative estimate of drug-likeness (QED) is 0.357. The molecule has 3 aliphatic rings. The molecule has 5 rings (SSSR count).